The van der Waals surface area contributed by atoms with E-state index in [0.29, 0.717) is 21.4 Å². The average Bonchev–Trinajstić information content (AvgIpc) is 3.04. The Balaban J connectivity index is 1.81. The van der Waals surface area contributed by atoms with Crippen LogP contribution in [0, 0.1) is 13.8 Å². The molecule has 0 radical (unpaired) electrons. The highest BCUT2D eigenvalue weighted by Gasteiger charge is 2.35. The van der Waals surface area contributed by atoms with Gasteiger partial charge in [-0.25, -0.2) is 4.99 Å². The van der Waals surface area contributed by atoms with Crippen LogP contribution in [-0.2, 0) is 4.79 Å². The van der Waals surface area contributed by atoms with E-state index in [2.05, 4.69) is 0 Å². The first kappa shape index (κ1) is 20.8. The second-order valence-electron chi connectivity index (χ2n) is 7.22. The van der Waals surface area contributed by atoms with E-state index in [1.807, 2.05) is 62.4 Å². The third kappa shape index (κ3) is 4.34. The molecule has 0 aliphatic carbocycles. The molecule has 0 spiro atoms. The van der Waals surface area contributed by atoms with E-state index in [1.54, 1.807) is 29.2 Å². The third-order valence-electron chi connectivity index (χ3n) is 4.83. The summed E-state index contributed by atoms with van der Waals surface area (Å²) in [7, 11) is 1.49. The number of carbonyl (C=O) groups excluding carboxylic acids is 1. The molecule has 156 valence electrons. The topological polar surface area (TPSA) is 62.1 Å². The van der Waals surface area contributed by atoms with Crippen LogP contribution in [0.15, 0.2) is 76.6 Å². The minimum atomic E-state index is -0.191. The fourth-order valence-corrected chi connectivity index (χ4v) is 4.31. The van der Waals surface area contributed by atoms with Gasteiger partial charge in [-0.2, -0.15) is 0 Å². The van der Waals surface area contributed by atoms with E-state index in [9.17, 15) is 9.90 Å². The number of amidine groups is 1. The molecule has 4 rings (SSSR count). The number of phenols is 1. The van der Waals surface area contributed by atoms with E-state index >= 15 is 0 Å². The maximum atomic E-state index is 13.4. The first-order chi connectivity index (χ1) is 15.0. The van der Waals surface area contributed by atoms with Crippen LogP contribution in [0.25, 0.3) is 6.08 Å². The summed E-state index contributed by atoms with van der Waals surface area (Å²) in [6, 6.07) is 20.8. The maximum Gasteiger partial charge on any atom is 0.271 e. The minimum absolute atomic E-state index is 0.00271. The monoisotopic (exact) mass is 430 g/mol. The summed E-state index contributed by atoms with van der Waals surface area (Å²) in [6.45, 7) is 3.99. The largest absolute Gasteiger partial charge is 0.504 e. The Hall–Kier alpha value is -3.51. The molecule has 1 saturated heterocycles. The molecule has 0 atom stereocenters. The van der Waals surface area contributed by atoms with Crippen LogP contribution in [0.3, 0.4) is 0 Å². The van der Waals surface area contributed by atoms with Crippen molar-refractivity contribution in [3.05, 3.63) is 88.3 Å². The minimum Gasteiger partial charge on any atom is -0.504 e. The Morgan fingerprint density at radius 2 is 1.71 bits per heavy atom. The van der Waals surface area contributed by atoms with Crippen LogP contribution in [-0.4, -0.2) is 23.3 Å². The van der Waals surface area contributed by atoms with Crippen molar-refractivity contribution in [3.63, 3.8) is 0 Å². The van der Waals surface area contributed by atoms with E-state index in [0.717, 1.165) is 22.5 Å². The highest BCUT2D eigenvalue weighted by Crippen LogP contribution is 2.39. The van der Waals surface area contributed by atoms with Crippen LogP contribution < -0.4 is 9.64 Å². The lowest BCUT2D eigenvalue weighted by molar-refractivity contribution is -0.113. The van der Waals surface area contributed by atoms with Gasteiger partial charge in [-0.1, -0.05) is 36.4 Å². The standard InChI is InChI=1S/C25H22N2O3S/c1-16-7-4-10-19(13-16)26-25-27(20-11-5-8-17(2)14-20)24(29)22(31-25)15-18-9-6-12-21(30-3)23(18)28/h4-15,28H,1-3H3/b22-15+,26-25?. The van der Waals surface area contributed by atoms with Gasteiger partial charge in [0.1, 0.15) is 0 Å². The number of amides is 1. The number of aryl methyl sites for hydroxylation is 2. The van der Waals surface area contributed by atoms with Crippen molar-refractivity contribution in [2.24, 2.45) is 4.99 Å². The molecule has 0 unspecified atom stereocenters. The molecule has 3 aromatic rings. The van der Waals surface area contributed by atoms with Crippen molar-refractivity contribution >= 4 is 40.3 Å². The van der Waals surface area contributed by atoms with Crippen LogP contribution >= 0.6 is 11.8 Å². The van der Waals surface area contributed by atoms with Gasteiger partial charge in [0.25, 0.3) is 5.91 Å². The molecular weight excluding hydrogens is 408 g/mol. The number of phenolic OH excluding ortho intramolecular Hbond substituents is 1. The molecule has 0 aromatic heterocycles. The highest BCUT2D eigenvalue weighted by atomic mass is 32.2. The van der Waals surface area contributed by atoms with Crippen LogP contribution in [0.4, 0.5) is 11.4 Å². The maximum absolute atomic E-state index is 13.4. The summed E-state index contributed by atoms with van der Waals surface area (Å²) in [5.74, 6) is 0.162. The van der Waals surface area contributed by atoms with Crippen LogP contribution in [0.2, 0.25) is 0 Å². The smallest absolute Gasteiger partial charge is 0.271 e. The number of aromatic hydroxyl groups is 1. The number of carbonyl (C=O) groups is 1. The zero-order chi connectivity index (χ0) is 22.0. The molecule has 31 heavy (non-hydrogen) atoms. The second-order valence-corrected chi connectivity index (χ2v) is 8.23. The molecule has 1 fully saturated rings. The van der Waals surface area contributed by atoms with Crippen LogP contribution in [0.5, 0.6) is 11.5 Å². The number of nitrogens with zero attached hydrogens (tertiary/aromatic N) is 2. The molecule has 5 nitrogen and oxygen atoms in total. The molecule has 1 N–H and O–H groups in total. The van der Waals surface area contributed by atoms with E-state index in [4.69, 9.17) is 9.73 Å². The van der Waals surface area contributed by atoms with Crippen LogP contribution in [0.1, 0.15) is 16.7 Å². The number of methoxy groups -OCH3 is 1. The number of rotatable bonds is 4. The number of hydrogen-bond acceptors (Lipinski definition) is 5. The number of benzene rings is 3. The number of ether oxygens (including phenoxy) is 1. The van der Waals surface area contributed by atoms with Gasteiger partial charge >= 0.3 is 0 Å². The summed E-state index contributed by atoms with van der Waals surface area (Å²) in [4.78, 5) is 20.2. The zero-order valence-corrected chi connectivity index (χ0v) is 18.3. The molecule has 6 heteroatoms. The SMILES string of the molecule is COc1cccc(/C=C2/SC(=Nc3cccc(C)c3)N(c3cccc(C)c3)C2=O)c1O. The van der Waals surface area contributed by atoms with Crippen molar-refractivity contribution in [2.75, 3.05) is 12.0 Å². The van der Waals surface area contributed by atoms with Gasteiger partial charge in [-0.3, -0.25) is 9.69 Å². The van der Waals surface area contributed by atoms with Gasteiger partial charge in [-0.05, 0) is 73.1 Å². The predicted octanol–water partition coefficient (Wildman–Crippen LogP) is 5.83. The number of thioether (sulfide) groups is 1. The van der Waals surface area contributed by atoms with Gasteiger partial charge in [0.15, 0.2) is 16.7 Å². The Morgan fingerprint density at radius 1 is 1.00 bits per heavy atom. The van der Waals surface area contributed by atoms with Crippen molar-refractivity contribution in [2.45, 2.75) is 13.8 Å². The molecular formula is C25H22N2O3S. The summed E-state index contributed by atoms with van der Waals surface area (Å²) in [6.07, 6.45) is 1.67. The lowest BCUT2D eigenvalue weighted by atomic mass is 10.1. The average molecular weight is 431 g/mol. The summed E-state index contributed by atoms with van der Waals surface area (Å²) in [5.41, 5.74) is 4.18. The van der Waals surface area contributed by atoms with Gasteiger partial charge < -0.3 is 9.84 Å². The normalized spacial score (nSPS) is 16.4. The fraction of sp³-hybridized carbons (Fsp3) is 0.120. The number of para-hydroxylation sites is 1. The molecule has 0 saturated carbocycles. The number of anilines is 1. The molecule has 3 aromatic carbocycles. The number of aliphatic imine (C=N–C) groups is 1. The fourth-order valence-electron chi connectivity index (χ4n) is 3.31. The number of hydrogen-bond donors (Lipinski definition) is 1. The third-order valence-corrected chi connectivity index (χ3v) is 5.80. The first-order valence-corrected chi connectivity index (χ1v) is 10.6. The van der Waals surface area contributed by atoms with Crippen molar-refractivity contribution < 1.29 is 14.6 Å². The summed E-state index contributed by atoms with van der Waals surface area (Å²) >= 11 is 1.28. The van der Waals surface area contributed by atoms with Gasteiger partial charge in [-0.15, -0.1) is 0 Å². The Labute approximate surface area is 185 Å². The van der Waals surface area contributed by atoms with Crippen molar-refractivity contribution in [1.82, 2.24) is 0 Å². The summed E-state index contributed by atoms with van der Waals surface area (Å²) in [5, 5.41) is 11.0. The Bertz CT molecular complexity index is 1220. The quantitative estimate of drug-likeness (QED) is 0.529. The summed E-state index contributed by atoms with van der Waals surface area (Å²) < 4.78 is 5.19. The highest BCUT2D eigenvalue weighted by molar-refractivity contribution is 8.19. The second kappa shape index (κ2) is 8.70. The van der Waals surface area contributed by atoms with Crippen molar-refractivity contribution in [1.29, 1.82) is 0 Å². The first-order valence-electron chi connectivity index (χ1n) is 9.78. The van der Waals surface area contributed by atoms with E-state index in [1.165, 1.54) is 18.9 Å². The van der Waals surface area contributed by atoms with Crippen molar-refractivity contribution in [3.8, 4) is 11.5 Å². The zero-order valence-electron chi connectivity index (χ0n) is 17.5. The van der Waals surface area contributed by atoms with Gasteiger partial charge in [0.2, 0.25) is 0 Å². The lowest BCUT2D eigenvalue weighted by Gasteiger charge is -2.16. The van der Waals surface area contributed by atoms with Gasteiger partial charge in [0, 0.05) is 5.56 Å². The molecule has 1 amide bonds. The van der Waals surface area contributed by atoms with E-state index < -0.39 is 0 Å². The van der Waals surface area contributed by atoms with E-state index in [-0.39, 0.29) is 11.7 Å². The predicted molar refractivity (Wildman–Crippen MR) is 127 cm³/mol. The lowest BCUT2D eigenvalue weighted by Crippen LogP contribution is -2.28. The molecule has 0 bridgehead atoms. The Kier molecular flexibility index (Phi) is 5.82. The Morgan fingerprint density at radius 3 is 2.42 bits per heavy atom. The molecule has 1 heterocycles. The molecule has 1 aliphatic rings. The molecule has 1 aliphatic heterocycles. The van der Waals surface area contributed by atoms with Gasteiger partial charge in [0.05, 0.1) is 23.4 Å².